The molecule has 4 nitrogen and oxygen atoms in total. The molecule has 0 aromatic carbocycles. The molecule has 0 amide bonds. The van der Waals surface area contributed by atoms with Crippen LogP contribution in [-0.4, -0.2) is 25.9 Å². The van der Waals surface area contributed by atoms with Crippen LogP contribution >= 0.6 is 0 Å². The van der Waals surface area contributed by atoms with Gasteiger partial charge >= 0.3 is 0 Å². The van der Waals surface area contributed by atoms with E-state index in [4.69, 9.17) is 4.98 Å². The van der Waals surface area contributed by atoms with Gasteiger partial charge < -0.3 is 5.11 Å². The van der Waals surface area contributed by atoms with E-state index in [0.29, 0.717) is 5.92 Å². The highest BCUT2D eigenvalue weighted by atomic mass is 16.3. The van der Waals surface area contributed by atoms with E-state index in [9.17, 15) is 5.11 Å². The molecule has 1 aromatic heterocycles. The fraction of sp³-hybridized carbons (Fsp3) is 0.842. The lowest BCUT2D eigenvalue weighted by Gasteiger charge is -2.42. The Hall–Kier alpha value is -1.03. The minimum absolute atomic E-state index is 0.0110. The molecule has 124 valence electrons. The molecule has 0 aliphatic heterocycles. The second kappa shape index (κ2) is 4.98. The van der Waals surface area contributed by atoms with Crippen molar-refractivity contribution in [3.8, 4) is 0 Å². The van der Waals surface area contributed by atoms with E-state index in [1.165, 1.54) is 50.6 Å². The largest absolute Gasteiger partial charge is 0.390 e. The van der Waals surface area contributed by atoms with Crippen molar-refractivity contribution in [2.24, 2.45) is 11.8 Å². The number of aryl methyl sites for hydroxylation is 2. The van der Waals surface area contributed by atoms with Crippen molar-refractivity contribution in [2.45, 2.75) is 88.1 Å². The Morgan fingerprint density at radius 1 is 0.870 bits per heavy atom. The van der Waals surface area contributed by atoms with Gasteiger partial charge in [0.25, 0.3) is 0 Å². The molecule has 3 bridgehead atoms. The summed E-state index contributed by atoms with van der Waals surface area (Å²) >= 11 is 0. The SMILES string of the molecule is OC12CCCC3CC(c4nnc5c(n4)CCCCC5)(CC3C1)C2. The Balaban J connectivity index is 1.55. The molecule has 4 aliphatic carbocycles. The maximum atomic E-state index is 11.1. The van der Waals surface area contributed by atoms with E-state index in [2.05, 4.69) is 10.2 Å². The summed E-state index contributed by atoms with van der Waals surface area (Å²) in [5, 5.41) is 20.3. The number of fused-ring (bicyclic) bond motifs is 3. The lowest BCUT2D eigenvalue weighted by atomic mass is 9.67. The van der Waals surface area contributed by atoms with Gasteiger partial charge in [0.15, 0.2) is 5.82 Å². The Bertz CT molecular complexity index is 633. The minimum Gasteiger partial charge on any atom is -0.390 e. The third-order valence-corrected chi connectivity index (χ3v) is 7.14. The Labute approximate surface area is 138 Å². The van der Waals surface area contributed by atoms with E-state index in [1.54, 1.807) is 0 Å². The summed E-state index contributed by atoms with van der Waals surface area (Å²) in [5.41, 5.74) is 1.88. The summed E-state index contributed by atoms with van der Waals surface area (Å²) < 4.78 is 0. The van der Waals surface area contributed by atoms with E-state index < -0.39 is 5.60 Å². The molecule has 4 atom stereocenters. The van der Waals surface area contributed by atoms with Crippen LogP contribution in [0.5, 0.6) is 0 Å². The third-order valence-electron chi connectivity index (χ3n) is 7.14. The highest BCUT2D eigenvalue weighted by Crippen LogP contribution is 2.61. The van der Waals surface area contributed by atoms with Crippen LogP contribution in [0.15, 0.2) is 0 Å². The highest BCUT2D eigenvalue weighted by Gasteiger charge is 2.58. The van der Waals surface area contributed by atoms with Crippen molar-refractivity contribution in [1.82, 2.24) is 15.2 Å². The molecular formula is C19H27N3O. The molecule has 3 fully saturated rings. The number of nitrogens with zero attached hydrogens (tertiary/aromatic N) is 3. The first-order chi connectivity index (χ1) is 11.2. The molecule has 1 aromatic rings. The molecule has 5 rings (SSSR count). The van der Waals surface area contributed by atoms with Gasteiger partial charge in [0, 0.05) is 5.41 Å². The lowest BCUT2D eigenvalue weighted by Crippen LogP contribution is -2.44. The normalized spacial score (nSPS) is 42.1. The van der Waals surface area contributed by atoms with Crippen LogP contribution in [0, 0.1) is 11.8 Å². The summed E-state index contributed by atoms with van der Waals surface area (Å²) in [6.07, 6.45) is 13.5. The molecule has 0 spiro atoms. The van der Waals surface area contributed by atoms with Gasteiger partial charge in [-0.15, -0.1) is 5.10 Å². The number of aliphatic hydroxyl groups is 1. The predicted molar refractivity (Wildman–Crippen MR) is 87.0 cm³/mol. The fourth-order valence-electron chi connectivity index (χ4n) is 6.24. The smallest absolute Gasteiger partial charge is 0.157 e. The van der Waals surface area contributed by atoms with E-state index in [1.807, 2.05) is 0 Å². The molecule has 23 heavy (non-hydrogen) atoms. The molecule has 1 heterocycles. The van der Waals surface area contributed by atoms with Crippen molar-refractivity contribution >= 4 is 0 Å². The number of rotatable bonds is 1. The second-order valence-electron chi connectivity index (χ2n) is 8.80. The maximum Gasteiger partial charge on any atom is 0.157 e. The Morgan fingerprint density at radius 2 is 1.70 bits per heavy atom. The van der Waals surface area contributed by atoms with Gasteiger partial charge in [-0.2, -0.15) is 5.10 Å². The zero-order valence-electron chi connectivity index (χ0n) is 13.9. The Morgan fingerprint density at radius 3 is 2.61 bits per heavy atom. The average molecular weight is 313 g/mol. The van der Waals surface area contributed by atoms with Crippen molar-refractivity contribution in [3.05, 3.63) is 17.2 Å². The summed E-state index contributed by atoms with van der Waals surface area (Å²) in [5.74, 6) is 2.42. The Kier molecular flexibility index (Phi) is 3.10. The molecular weight excluding hydrogens is 286 g/mol. The van der Waals surface area contributed by atoms with Crippen molar-refractivity contribution in [2.75, 3.05) is 0 Å². The van der Waals surface area contributed by atoms with Gasteiger partial charge in [-0.05, 0) is 69.6 Å². The van der Waals surface area contributed by atoms with Crippen molar-refractivity contribution in [3.63, 3.8) is 0 Å². The number of aromatic nitrogens is 3. The summed E-state index contributed by atoms with van der Waals surface area (Å²) in [7, 11) is 0. The minimum atomic E-state index is -0.468. The monoisotopic (exact) mass is 313 g/mol. The van der Waals surface area contributed by atoms with Gasteiger partial charge in [-0.25, -0.2) is 4.98 Å². The van der Waals surface area contributed by atoms with Crippen LogP contribution in [-0.2, 0) is 18.3 Å². The van der Waals surface area contributed by atoms with Crippen LogP contribution in [0.25, 0.3) is 0 Å². The third kappa shape index (κ3) is 2.25. The fourth-order valence-corrected chi connectivity index (χ4v) is 6.24. The van der Waals surface area contributed by atoms with Gasteiger partial charge in [-0.1, -0.05) is 19.3 Å². The highest BCUT2D eigenvalue weighted by molar-refractivity contribution is 5.23. The van der Waals surface area contributed by atoms with E-state index in [-0.39, 0.29) is 5.41 Å². The van der Waals surface area contributed by atoms with Crippen LogP contribution in [0.1, 0.15) is 81.4 Å². The number of hydrogen-bond acceptors (Lipinski definition) is 4. The van der Waals surface area contributed by atoms with Crippen LogP contribution in [0.2, 0.25) is 0 Å². The molecule has 0 saturated heterocycles. The van der Waals surface area contributed by atoms with Gasteiger partial charge in [0.1, 0.15) is 0 Å². The van der Waals surface area contributed by atoms with Crippen molar-refractivity contribution in [1.29, 1.82) is 0 Å². The zero-order chi connectivity index (χ0) is 15.5. The molecule has 0 radical (unpaired) electrons. The molecule has 1 N–H and O–H groups in total. The van der Waals surface area contributed by atoms with Crippen molar-refractivity contribution < 1.29 is 5.11 Å². The van der Waals surface area contributed by atoms with Gasteiger partial charge in [0.05, 0.1) is 17.0 Å². The molecule has 3 saturated carbocycles. The number of hydrogen-bond donors (Lipinski definition) is 1. The van der Waals surface area contributed by atoms with Gasteiger partial charge in [0.2, 0.25) is 0 Å². The molecule has 4 aliphatic rings. The predicted octanol–water partition coefficient (Wildman–Crippen LogP) is 3.11. The first-order valence-electron chi connectivity index (χ1n) is 9.61. The quantitative estimate of drug-likeness (QED) is 0.809. The second-order valence-corrected chi connectivity index (χ2v) is 8.80. The topological polar surface area (TPSA) is 58.9 Å². The first-order valence-corrected chi connectivity index (χ1v) is 9.61. The summed E-state index contributed by atoms with van der Waals surface area (Å²) in [4.78, 5) is 5.04. The van der Waals surface area contributed by atoms with Gasteiger partial charge in [-0.3, -0.25) is 0 Å². The lowest BCUT2D eigenvalue weighted by molar-refractivity contribution is -0.0351. The first kappa shape index (κ1) is 14.3. The zero-order valence-corrected chi connectivity index (χ0v) is 13.9. The summed E-state index contributed by atoms with van der Waals surface area (Å²) in [6.45, 7) is 0. The summed E-state index contributed by atoms with van der Waals surface area (Å²) in [6, 6.07) is 0. The standard InChI is InChI=1S/C19H27N3O/c23-19-8-4-5-13-9-18(12-19,10-14(13)11-19)17-20-15-6-2-1-3-7-16(15)21-22-17/h13-14,23H,1-12H2. The average Bonchev–Trinajstić information content (AvgIpc) is 2.69. The van der Waals surface area contributed by atoms with Crippen LogP contribution in [0.4, 0.5) is 0 Å². The maximum absolute atomic E-state index is 11.1. The molecule has 4 unspecified atom stereocenters. The van der Waals surface area contributed by atoms with Crippen LogP contribution in [0.3, 0.4) is 0 Å². The van der Waals surface area contributed by atoms with Crippen LogP contribution < -0.4 is 0 Å². The van der Waals surface area contributed by atoms with E-state index in [0.717, 1.165) is 49.5 Å². The molecule has 4 heteroatoms. The van der Waals surface area contributed by atoms with E-state index >= 15 is 0 Å².